The highest BCUT2D eigenvalue weighted by Crippen LogP contribution is 2.26. The zero-order valence-electron chi connectivity index (χ0n) is 11.3. The van der Waals surface area contributed by atoms with E-state index in [1.807, 2.05) is 6.92 Å². The number of amides is 1. The Morgan fingerprint density at radius 3 is 2.80 bits per heavy atom. The summed E-state index contributed by atoms with van der Waals surface area (Å²) in [5.74, 6) is -1.22. The van der Waals surface area contributed by atoms with Gasteiger partial charge in [-0.05, 0) is 37.6 Å². The van der Waals surface area contributed by atoms with Crippen molar-refractivity contribution in [1.29, 1.82) is 0 Å². The van der Waals surface area contributed by atoms with E-state index in [-0.39, 0.29) is 11.3 Å². The molecule has 0 aliphatic carbocycles. The Morgan fingerprint density at radius 1 is 1.40 bits per heavy atom. The van der Waals surface area contributed by atoms with Crippen LogP contribution < -0.4 is 4.90 Å². The molecule has 2 rings (SSSR count). The Balaban J connectivity index is 2.45. The normalized spacial score (nSPS) is 10.3. The van der Waals surface area contributed by atoms with Crippen LogP contribution in [0.4, 0.5) is 10.1 Å². The van der Waals surface area contributed by atoms with Crippen molar-refractivity contribution in [3.8, 4) is 5.75 Å². The van der Waals surface area contributed by atoms with Crippen molar-refractivity contribution in [3.63, 3.8) is 0 Å². The van der Waals surface area contributed by atoms with Crippen molar-refractivity contribution in [3.05, 3.63) is 53.6 Å². The number of carbonyl (C=O) groups excluding carboxylic acids is 1. The fourth-order valence-corrected chi connectivity index (χ4v) is 2.00. The maximum atomic E-state index is 13.6. The summed E-state index contributed by atoms with van der Waals surface area (Å²) in [5.41, 5.74) is 1.29. The fraction of sp³-hybridized carbons (Fsp3) is 0.200. The van der Waals surface area contributed by atoms with Crippen LogP contribution in [0.1, 0.15) is 22.8 Å². The first-order valence-corrected chi connectivity index (χ1v) is 6.26. The van der Waals surface area contributed by atoms with Crippen molar-refractivity contribution in [2.45, 2.75) is 13.8 Å². The number of pyridine rings is 1. The van der Waals surface area contributed by atoms with Crippen molar-refractivity contribution in [1.82, 2.24) is 4.98 Å². The lowest BCUT2D eigenvalue weighted by Crippen LogP contribution is -2.32. The monoisotopic (exact) mass is 274 g/mol. The Bertz CT molecular complexity index is 644. The molecule has 0 radical (unpaired) electrons. The molecule has 0 saturated carbocycles. The van der Waals surface area contributed by atoms with E-state index < -0.39 is 11.9 Å². The summed E-state index contributed by atoms with van der Waals surface area (Å²) < 4.78 is 13.6. The largest absolute Gasteiger partial charge is 0.508 e. The Morgan fingerprint density at radius 2 is 2.15 bits per heavy atom. The standard InChI is InChI=1S/C15H15FN2O2/c1-3-18(13-9-11(19)7-6-10(13)2)15(20)12-5-4-8-17-14(12)16/h4-9,19H,3H2,1-2H3. The lowest BCUT2D eigenvalue weighted by molar-refractivity contribution is 0.0983. The van der Waals surface area contributed by atoms with E-state index >= 15 is 0 Å². The number of nitrogens with zero attached hydrogens (tertiary/aromatic N) is 2. The number of aromatic nitrogens is 1. The maximum Gasteiger partial charge on any atom is 0.262 e. The van der Waals surface area contributed by atoms with E-state index in [1.165, 1.54) is 29.3 Å². The number of halogens is 1. The first kappa shape index (κ1) is 14.0. The van der Waals surface area contributed by atoms with Crippen LogP contribution in [0.25, 0.3) is 0 Å². The molecule has 0 aliphatic rings. The van der Waals surface area contributed by atoms with Crippen LogP contribution in [-0.2, 0) is 0 Å². The molecule has 104 valence electrons. The molecule has 1 amide bonds. The zero-order chi connectivity index (χ0) is 14.7. The molecule has 1 aromatic carbocycles. The zero-order valence-corrected chi connectivity index (χ0v) is 11.3. The van der Waals surface area contributed by atoms with Gasteiger partial charge in [0.2, 0.25) is 5.95 Å². The lowest BCUT2D eigenvalue weighted by Gasteiger charge is -2.23. The number of benzene rings is 1. The predicted molar refractivity (Wildman–Crippen MR) is 74.4 cm³/mol. The molecule has 0 atom stereocenters. The van der Waals surface area contributed by atoms with Gasteiger partial charge >= 0.3 is 0 Å². The number of aromatic hydroxyl groups is 1. The molecule has 1 aromatic heterocycles. The first-order valence-electron chi connectivity index (χ1n) is 6.26. The molecule has 0 fully saturated rings. The van der Waals surface area contributed by atoms with Crippen LogP contribution in [0.5, 0.6) is 5.75 Å². The molecule has 1 heterocycles. The predicted octanol–water partition coefficient (Wildman–Crippen LogP) is 2.90. The summed E-state index contributed by atoms with van der Waals surface area (Å²) >= 11 is 0. The van der Waals surface area contributed by atoms with Gasteiger partial charge in [-0.1, -0.05) is 6.07 Å². The molecule has 4 nitrogen and oxygen atoms in total. The molecule has 0 aliphatic heterocycles. The fourth-order valence-electron chi connectivity index (χ4n) is 2.00. The second kappa shape index (κ2) is 5.69. The molecule has 0 spiro atoms. The van der Waals surface area contributed by atoms with E-state index in [0.717, 1.165) is 5.56 Å². The third-order valence-electron chi connectivity index (χ3n) is 3.03. The van der Waals surface area contributed by atoms with Gasteiger partial charge in [-0.2, -0.15) is 4.39 Å². The molecule has 2 aromatic rings. The highest BCUT2D eigenvalue weighted by molar-refractivity contribution is 6.06. The first-order chi connectivity index (χ1) is 9.54. The molecular formula is C15H15FN2O2. The molecule has 0 unspecified atom stereocenters. The van der Waals surface area contributed by atoms with E-state index in [0.29, 0.717) is 12.2 Å². The summed E-state index contributed by atoms with van der Waals surface area (Å²) in [6.07, 6.45) is 1.29. The van der Waals surface area contributed by atoms with Gasteiger partial charge in [0, 0.05) is 18.8 Å². The summed E-state index contributed by atoms with van der Waals surface area (Å²) in [7, 11) is 0. The number of aryl methyl sites for hydroxylation is 1. The average Bonchev–Trinajstić information content (AvgIpc) is 2.44. The molecule has 20 heavy (non-hydrogen) atoms. The van der Waals surface area contributed by atoms with Gasteiger partial charge in [-0.25, -0.2) is 4.98 Å². The topological polar surface area (TPSA) is 53.4 Å². The third kappa shape index (κ3) is 2.61. The van der Waals surface area contributed by atoms with Gasteiger partial charge in [-0.15, -0.1) is 0 Å². The Labute approximate surface area is 116 Å². The number of hydrogen-bond acceptors (Lipinski definition) is 3. The summed E-state index contributed by atoms with van der Waals surface area (Å²) in [5, 5.41) is 9.56. The van der Waals surface area contributed by atoms with Gasteiger partial charge in [-0.3, -0.25) is 4.79 Å². The van der Waals surface area contributed by atoms with Crippen molar-refractivity contribution in [2.75, 3.05) is 11.4 Å². The molecule has 1 N–H and O–H groups in total. The summed E-state index contributed by atoms with van der Waals surface area (Å²) in [4.78, 5) is 17.3. The van der Waals surface area contributed by atoms with Crippen LogP contribution >= 0.6 is 0 Å². The highest BCUT2D eigenvalue weighted by atomic mass is 19.1. The Kier molecular flexibility index (Phi) is 3.98. The van der Waals surface area contributed by atoms with Crippen molar-refractivity contribution in [2.24, 2.45) is 0 Å². The minimum Gasteiger partial charge on any atom is -0.508 e. The van der Waals surface area contributed by atoms with E-state index in [2.05, 4.69) is 4.98 Å². The van der Waals surface area contributed by atoms with Crippen LogP contribution in [0.15, 0.2) is 36.5 Å². The second-order valence-electron chi connectivity index (χ2n) is 4.36. The number of phenolic OH excluding ortho intramolecular Hbond substituents is 1. The van der Waals surface area contributed by atoms with Crippen LogP contribution in [-0.4, -0.2) is 22.5 Å². The summed E-state index contributed by atoms with van der Waals surface area (Å²) in [6, 6.07) is 7.65. The molecular weight excluding hydrogens is 259 g/mol. The smallest absolute Gasteiger partial charge is 0.262 e. The van der Waals surface area contributed by atoms with Crippen LogP contribution in [0.3, 0.4) is 0 Å². The highest BCUT2D eigenvalue weighted by Gasteiger charge is 2.21. The SMILES string of the molecule is CCN(C(=O)c1cccnc1F)c1cc(O)ccc1C. The third-order valence-corrected chi connectivity index (χ3v) is 3.03. The number of phenols is 1. The minimum absolute atomic E-state index is 0.0588. The van der Waals surface area contributed by atoms with Crippen molar-refractivity contribution < 1.29 is 14.3 Å². The van der Waals surface area contributed by atoms with Gasteiger partial charge in [0.15, 0.2) is 0 Å². The van der Waals surface area contributed by atoms with Gasteiger partial charge < -0.3 is 10.0 Å². The lowest BCUT2D eigenvalue weighted by atomic mass is 10.1. The molecule has 0 saturated heterocycles. The average molecular weight is 274 g/mol. The summed E-state index contributed by atoms with van der Waals surface area (Å²) in [6.45, 7) is 3.97. The van der Waals surface area contributed by atoms with E-state index in [4.69, 9.17) is 0 Å². The maximum absolute atomic E-state index is 13.6. The number of anilines is 1. The second-order valence-corrected chi connectivity index (χ2v) is 4.36. The van der Waals surface area contributed by atoms with Crippen LogP contribution in [0, 0.1) is 12.9 Å². The quantitative estimate of drug-likeness (QED) is 0.876. The number of hydrogen-bond donors (Lipinski definition) is 1. The van der Waals surface area contributed by atoms with Gasteiger partial charge in [0.25, 0.3) is 5.91 Å². The molecule has 0 bridgehead atoms. The van der Waals surface area contributed by atoms with Crippen molar-refractivity contribution >= 4 is 11.6 Å². The Hall–Kier alpha value is -2.43. The van der Waals surface area contributed by atoms with Gasteiger partial charge in [0.05, 0.1) is 11.3 Å². The van der Waals surface area contributed by atoms with Crippen LogP contribution in [0.2, 0.25) is 0 Å². The van der Waals surface area contributed by atoms with Gasteiger partial charge in [0.1, 0.15) is 5.75 Å². The number of rotatable bonds is 3. The van der Waals surface area contributed by atoms with E-state index in [1.54, 1.807) is 19.1 Å². The van der Waals surface area contributed by atoms with E-state index in [9.17, 15) is 14.3 Å². The minimum atomic E-state index is -0.797. The number of carbonyl (C=O) groups is 1. The molecule has 5 heteroatoms.